The number of nitriles is 1. The molecule has 5 aliphatic rings. The summed E-state index contributed by atoms with van der Waals surface area (Å²) in [6, 6.07) is 2.15. The molecule has 5 fully saturated rings. The van der Waals surface area contributed by atoms with E-state index < -0.39 is 11.4 Å². The Hall–Kier alpha value is -1.28. The first-order valence-corrected chi connectivity index (χ1v) is 11.5. The summed E-state index contributed by atoms with van der Waals surface area (Å²) >= 11 is 0. The van der Waals surface area contributed by atoms with Crippen LogP contribution in [0.15, 0.2) is 0 Å². The average Bonchev–Trinajstić information content (AvgIpc) is 3.06. The molecule has 5 rings (SSSR count). The van der Waals surface area contributed by atoms with Gasteiger partial charge in [0.1, 0.15) is 23.9 Å². The maximum absolute atomic E-state index is 12.6. The Morgan fingerprint density at radius 1 is 1.19 bits per heavy atom. The minimum absolute atomic E-state index is 0.0272. The smallest absolute Gasteiger partial charge is 0.237 e. The lowest BCUT2D eigenvalue weighted by Crippen LogP contribution is -2.56. The fourth-order valence-electron chi connectivity index (χ4n) is 6.02. The van der Waals surface area contributed by atoms with Crippen LogP contribution in [-0.4, -0.2) is 96.5 Å². The number of hydrogen-bond acceptors (Lipinski definition) is 8. The van der Waals surface area contributed by atoms with Crippen molar-refractivity contribution in [3.8, 4) is 6.07 Å². The number of carbonyl (C=O) groups excluding carboxylic acids is 1. The molecule has 0 aromatic heterocycles. The Morgan fingerprint density at radius 3 is 2.61 bits per heavy atom. The van der Waals surface area contributed by atoms with E-state index in [9.17, 15) is 10.1 Å². The van der Waals surface area contributed by atoms with Crippen LogP contribution in [0.5, 0.6) is 0 Å². The summed E-state index contributed by atoms with van der Waals surface area (Å²) in [6.45, 7) is 8.78. The first kappa shape index (κ1) is 21.6. The number of nitrogens with one attached hydrogen (secondary N) is 1. The molecule has 1 saturated carbocycles. The number of hydrogen-bond donors (Lipinski definition) is 1. The molecule has 4 aliphatic heterocycles. The zero-order chi connectivity index (χ0) is 22.0. The predicted octanol–water partition coefficient (Wildman–Crippen LogP) is 0.589. The summed E-state index contributed by atoms with van der Waals surface area (Å²) in [7, 11) is 1.74. The molecule has 0 aromatic rings. The number of amides is 1. The molecule has 31 heavy (non-hydrogen) atoms. The van der Waals surface area contributed by atoms with E-state index in [0.717, 1.165) is 38.8 Å². The van der Waals surface area contributed by atoms with Gasteiger partial charge in [-0.2, -0.15) is 5.26 Å². The number of fused-ring (bicyclic) bond motifs is 3. The van der Waals surface area contributed by atoms with Crippen molar-refractivity contribution in [3.05, 3.63) is 0 Å². The lowest BCUT2D eigenvalue weighted by molar-refractivity contribution is -0.202. The fraction of sp³-hybridized carbons (Fsp3) is 0.909. The molecule has 172 valence electrons. The second-order valence-electron chi connectivity index (χ2n) is 10.3. The van der Waals surface area contributed by atoms with E-state index in [4.69, 9.17) is 18.9 Å². The normalized spacial score (nSPS) is 42.8. The van der Waals surface area contributed by atoms with Gasteiger partial charge in [0.15, 0.2) is 12.1 Å². The Balaban J connectivity index is 1.15. The van der Waals surface area contributed by atoms with Crippen molar-refractivity contribution in [2.24, 2.45) is 0 Å². The van der Waals surface area contributed by atoms with Gasteiger partial charge in [0.25, 0.3) is 0 Å². The zero-order valence-corrected chi connectivity index (χ0v) is 18.9. The van der Waals surface area contributed by atoms with E-state index >= 15 is 0 Å². The Morgan fingerprint density at radius 2 is 1.94 bits per heavy atom. The molecule has 1 N–H and O–H groups in total. The maximum atomic E-state index is 12.6. The van der Waals surface area contributed by atoms with E-state index in [1.807, 2.05) is 13.8 Å². The molecule has 0 radical (unpaired) electrons. The summed E-state index contributed by atoms with van der Waals surface area (Å²) in [5.41, 5.74) is -0.561. The van der Waals surface area contributed by atoms with Crippen molar-refractivity contribution in [1.29, 1.82) is 5.26 Å². The highest BCUT2D eigenvalue weighted by atomic mass is 16.9. The van der Waals surface area contributed by atoms with Gasteiger partial charge in [-0.3, -0.25) is 9.69 Å². The van der Waals surface area contributed by atoms with Gasteiger partial charge in [0, 0.05) is 32.3 Å². The highest BCUT2D eigenvalue weighted by Crippen LogP contribution is 2.60. The number of rotatable bonds is 5. The van der Waals surface area contributed by atoms with Gasteiger partial charge in [-0.15, -0.1) is 0 Å². The number of nitrogens with zero attached hydrogens (tertiary/aromatic N) is 3. The lowest BCUT2D eigenvalue weighted by atomic mass is 9.89. The van der Waals surface area contributed by atoms with Crippen molar-refractivity contribution < 1.29 is 23.7 Å². The number of carbonyl (C=O) groups is 1. The third kappa shape index (κ3) is 3.39. The van der Waals surface area contributed by atoms with Crippen LogP contribution in [-0.2, 0) is 23.7 Å². The van der Waals surface area contributed by atoms with Crippen LogP contribution in [0.3, 0.4) is 0 Å². The van der Waals surface area contributed by atoms with Crippen molar-refractivity contribution in [1.82, 2.24) is 15.1 Å². The molecule has 1 unspecified atom stereocenters. The molecule has 0 spiro atoms. The van der Waals surface area contributed by atoms with Crippen molar-refractivity contribution >= 4 is 5.91 Å². The summed E-state index contributed by atoms with van der Waals surface area (Å²) in [4.78, 5) is 16.8. The predicted molar refractivity (Wildman–Crippen MR) is 110 cm³/mol. The van der Waals surface area contributed by atoms with Gasteiger partial charge in [0.2, 0.25) is 5.91 Å². The van der Waals surface area contributed by atoms with Crippen LogP contribution >= 0.6 is 0 Å². The quantitative estimate of drug-likeness (QED) is 0.672. The molecule has 4 saturated heterocycles. The first-order chi connectivity index (χ1) is 14.7. The van der Waals surface area contributed by atoms with E-state index in [1.165, 1.54) is 0 Å². The van der Waals surface area contributed by atoms with Gasteiger partial charge in [-0.1, -0.05) is 0 Å². The largest absolute Gasteiger partial charge is 0.371 e. The van der Waals surface area contributed by atoms with Crippen LogP contribution in [0, 0.1) is 11.3 Å². The van der Waals surface area contributed by atoms with Crippen molar-refractivity contribution in [2.45, 2.75) is 94.0 Å². The molecule has 9 nitrogen and oxygen atoms in total. The second-order valence-corrected chi connectivity index (χ2v) is 10.3. The molecule has 1 aliphatic carbocycles. The summed E-state index contributed by atoms with van der Waals surface area (Å²) < 4.78 is 24.2. The van der Waals surface area contributed by atoms with Crippen LogP contribution in [0.2, 0.25) is 0 Å². The highest BCUT2D eigenvalue weighted by Gasteiger charge is 2.82. The number of ether oxygens (including phenoxy) is 4. The Kier molecular flexibility index (Phi) is 5.13. The fourth-order valence-corrected chi connectivity index (χ4v) is 6.02. The molecule has 6 atom stereocenters. The Labute approximate surface area is 183 Å². The van der Waals surface area contributed by atoms with E-state index in [0.29, 0.717) is 6.54 Å². The second kappa shape index (κ2) is 7.37. The van der Waals surface area contributed by atoms with Crippen LogP contribution in [0.1, 0.15) is 46.5 Å². The molecule has 1 amide bonds. The van der Waals surface area contributed by atoms with E-state index in [1.54, 1.807) is 12.0 Å². The van der Waals surface area contributed by atoms with Gasteiger partial charge in [-0.05, 0) is 46.5 Å². The topological polar surface area (TPSA) is 96.3 Å². The van der Waals surface area contributed by atoms with E-state index in [-0.39, 0.29) is 48.6 Å². The van der Waals surface area contributed by atoms with Crippen LogP contribution in [0.4, 0.5) is 0 Å². The minimum Gasteiger partial charge on any atom is -0.371 e. The minimum atomic E-state index is -0.657. The maximum Gasteiger partial charge on any atom is 0.237 e. The number of methoxy groups -OCH3 is 1. The third-order valence-electron chi connectivity index (χ3n) is 7.91. The summed E-state index contributed by atoms with van der Waals surface area (Å²) in [5, 5.41) is 12.7. The SMILES string of the molecule is CO[C@@]12C(N3CCC(C)(NCC(=O)N4CCC[C@H]4C#N)CC3)[C@H]1O[C@@H]1OC(C)(C)O[C@@H]12. The number of piperidine rings is 1. The lowest BCUT2D eigenvalue weighted by Gasteiger charge is -2.41. The van der Waals surface area contributed by atoms with E-state index in [2.05, 4.69) is 23.2 Å². The number of likely N-dealkylation sites (tertiary alicyclic amines) is 2. The third-order valence-corrected chi connectivity index (χ3v) is 7.91. The molecule has 9 heteroatoms. The van der Waals surface area contributed by atoms with Crippen molar-refractivity contribution in [3.63, 3.8) is 0 Å². The zero-order valence-electron chi connectivity index (χ0n) is 18.9. The summed E-state index contributed by atoms with van der Waals surface area (Å²) in [5.74, 6) is -0.626. The first-order valence-electron chi connectivity index (χ1n) is 11.5. The molecular formula is C22H34N4O5. The Bertz CT molecular complexity index is 776. The molecule has 0 aromatic carbocycles. The molecule has 0 bridgehead atoms. The van der Waals surface area contributed by atoms with Gasteiger partial charge < -0.3 is 29.2 Å². The highest BCUT2D eigenvalue weighted by molar-refractivity contribution is 5.79. The van der Waals surface area contributed by atoms with Crippen LogP contribution < -0.4 is 5.32 Å². The standard InChI is InChI=1S/C22H34N4O5/c1-20(2)30-18-19(31-20)29-17-16(22(17,18)28-4)25-10-7-21(3,8-11-25)24-13-15(27)26-9-5-6-14(26)12-23/h14,16-19,24H,5-11,13H2,1-4H3/t14-,16?,17+,18-,19+,22-/m0/s1. The average molecular weight is 435 g/mol. The van der Waals surface area contributed by atoms with Gasteiger partial charge in [0.05, 0.1) is 18.7 Å². The monoisotopic (exact) mass is 434 g/mol. The molecule has 4 heterocycles. The van der Waals surface area contributed by atoms with Crippen LogP contribution in [0.25, 0.3) is 0 Å². The van der Waals surface area contributed by atoms with Gasteiger partial charge >= 0.3 is 0 Å². The van der Waals surface area contributed by atoms with Gasteiger partial charge in [-0.25, -0.2) is 0 Å². The van der Waals surface area contributed by atoms with Crippen molar-refractivity contribution in [2.75, 3.05) is 33.3 Å². The summed E-state index contributed by atoms with van der Waals surface area (Å²) in [6.07, 6.45) is 2.97. The molecular weight excluding hydrogens is 400 g/mol.